The molecule has 0 unspecified atom stereocenters. The van der Waals surface area contributed by atoms with E-state index in [1.165, 1.54) is 11.6 Å². The van der Waals surface area contributed by atoms with Crippen molar-refractivity contribution in [1.82, 2.24) is 0 Å². The van der Waals surface area contributed by atoms with Crippen LogP contribution < -0.4 is 0 Å². The van der Waals surface area contributed by atoms with Crippen LogP contribution in [0, 0.1) is 5.82 Å². The standard InChI is InChI=1S/C19H15F/c20-18-13-7-12-17(14-15-8-3-1-4-9-15)19(18)16-10-5-2-6-11-16/h1-13H,14H2. The molecule has 0 amide bonds. The van der Waals surface area contributed by atoms with Crippen LogP contribution in [-0.4, -0.2) is 0 Å². The van der Waals surface area contributed by atoms with Crippen molar-refractivity contribution in [2.45, 2.75) is 6.42 Å². The first-order valence-corrected chi connectivity index (χ1v) is 6.71. The molecule has 0 nitrogen and oxygen atoms in total. The number of halogens is 1. The fourth-order valence-electron chi connectivity index (χ4n) is 2.46. The van der Waals surface area contributed by atoms with E-state index in [9.17, 15) is 4.39 Å². The van der Waals surface area contributed by atoms with Crippen LogP contribution >= 0.6 is 0 Å². The van der Waals surface area contributed by atoms with E-state index in [4.69, 9.17) is 0 Å². The minimum absolute atomic E-state index is 0.162. The lowest BCUT2D eigenvalue weighted by Gasteiger charge is -2.11. The normalized spacial score (nSPS) is 10.4. The van der Waals surface area contributed by atoms with Crippen molar-refractivity contribution in [2.24, 2.45) is 0 Å². The molecule has 98 valence electrons. The highest BCUT2D eigenvalue weighted by Crippen LogP contribution is 2.28. The lowest BCUT2D eigenvalue weighted by molar-refractivity contribution is 0.629. The molecule has 20 heavy (non-hydrogen) atoms. The third kappa shape index (κ3) is 2.62. The van der Waals surface area contributed by atoms with Gasteiger partial charge in [0, 0.05) is 5.56 Å². The van der Waals surface area contributed by atoms with Crippen LogP contribution in [0.25, 0.3) is 11.1 Å². The van der Waals surface area contributed by atoms with Gasteiger partial charge in [-0.05, 0) is 29.2 Å². The molecular weight excluding hydrogens is 247 g/mol. The molecular formula is C19H15F. The third-order valence-corrected chi connectivity index (χ3v) is 3.40. The van der Waals surface area contributed by atoms with Gasteiger partial charge in [-0.15, -0.1) is 0 Å². The molecule has 0 bridgehead atoms. The van der Waals surface area contributed by atoms with Gasteiger partial charge in [0.2, 0.25) is 0 Å². The van der Waals surface area contributed by atoms with Gasteiger partial charge in [0.15, 0.2) is 0 Å². The Hall–Kier alpha value is -2.41. The van der Waals surface area contributed by atoms with Crippen molar-refractivity contribution in [3.8, 4) is 11.1 Å². The second kappa shape index (κ2) is 5.70. The molecule has 0 aliphatic rings. The summed E-state index contributed by atoms with van der Waals surface area (Å²) in [6.07, 6.45) is 0.739. The van der Waals surface area contributed by atoms with Crippen LogP contribution in [0.2, 0.25) is 0 Å². The first kappa shape index (κ1) is 12.6. The van der Waals surface area contributed by atoms with Gasteiger partial charge < -0.3 is 0 Å². The zero-order chi connectivity index (χ0) is 13.8. The maximum Gasteiger partial charge on any atom is 0.131 e. The summed E-state index contributed by atoms with van der Waals surface area (Å²) in [7, 11) is 0. The first-order valence-electron chi connectivity index (χ1n) is 6.71. The van der Waals surface area contributed by atoms with E-state index >= 15 is 0 Å². The van der Waals surface area contributed by atoms with Gasteiger partial charge in [-0.1, -0.05) is 72.8 Å². The van der Waals surface area contributed by atoms with Crippen LogP contribution in [0.5, 0.6) is 0 Å². The molecule has 1 heteroatoms. The van der Waals surface area contributed by atoms with E-state index in [0.717, 1.165) is 17.5 Å². The molecule has 0 N–H and O–H groups in total. The Morgan fingerprint density at radius 2 is 1.30 bits per heavy atom. The van der Waals surface area contributed by atoms with E-state index in [0.29, 0.717) is 5.56 Å². The molecule has 0 radical (unpaired) electrons. The lowest BCUT2D eigenvalue weighted by atomic mass is 9.94. The molecule has 0 spiro atoms. The number of benzene rings is 3. The topological polar surface area (TPSA) is 0 Å². The minimum atomic E-state index is -0.162. The van der Waals surface area contributed by atoms with E-state index in [1.54, 1.807) is 6.07 Å². The molecule has 0 heterocycles. The van der Waals surface area contributed by atoms with E-state index in [-0.39, 0.29) is 5.82 Å². The predicted octanol–water partition coefficient (Wildman–Crippen LogP) is 5.08. The SMILES string of the molecule is Fc1cccc(Cc2ccccc2)c1-c1ccccc1. The second-order valence-corrected chi connectivity index (χ2v) is 4.80. The van der Waals surface area contributed by atoms with E-state index in [1.807, 2.05) is 54.6 Å². The number of hydrogen-bond donors (Lipinski definition) is 0. The van der Waals surface area contributed by atoms with Crippen molar-refractivity contribution >= 4 is 0 Å². The van der Waals surface area contributed by atoms with Gasteiger partial charge in [0.1, 0.15) is 5.82 Å². The Balaban J connectivity index is 2.06. The van der Waals surface area contributed by atoms with E-state index < -0.39 is 0 Å². The summed E-state index contributed by atoms with van der Waals surface area (Å²) in [6.45, 7) is 0. The van der Waals surface area contributed by atoms with Crippen LogP contribution in [0.3, 0.4) is 0 Å². The maximum absolute atomic E-state index is 14.2. The average molecular weight is 262 g/mol. The average Bonchev–Trinajstić information content (AvgIpc) is 2.49. The van der Waals surface area contributed by atoms with Gasteiger partial charge in [0.25, 0.3) is 0 Å². The van der Waals surface area contributed by atoms with Gasteiger partial charge in [0.05, 0.1) is 0 Å². The lowest BCUT2D eigenvalue weighted by Crippen LogP contribution is -1.95. The third-order valence-electron chi connectivity index (χ3n) is 3.40. The molecule has 0 saturated heterocycles. The zero-order valence-corrected chi connectivity index (χ0v) is 11.1. The molecule has 0 aliphatic heterocycles. The first-order chi connectivity index (χ1) is 9.84. The van der Waals surface area contributed by atoms with Crippen LogP contribution in [-0.2, 0) is 6.42 Å². The summed E-state index contributed by atoms with van der Waals surface area (Å²) >= 11 is 0. The van der Waals surface area contributed by atoms with Crippen LogP contribution in [0.1, 0.15) is 11.1 Å². The van der Waals surface area contributed by atoms with Crippen molar-refractivity contribution in [2.75, 3.05) is 0 Å². The van der Waals surface area contributed by atoms with E-state index in [2.05, 4.69) is 12.1 Å². The quantitative estimate of drug-likeness (QED) is 0.617. The van der Waals surface area contributed by atoms with Crippen molar-refractivity contribution in [1.29, 1.82) is 0 Å². The van der Waals surface area contributed by atoms with Crippen molar-refractivity contribution in [3.63, 3.8) is 0 Å². The Morgan fingerprint density at radius 3 is 2.00 bits per heavy atom. The molecule has 0 saturated carbocycles. The monoisotopic (exact) mass is 262 g/mol. The summed E-state index contributed by atoms with van der Waals surface area (Å²) < 4.78 is 14.2. The van der Waals surface area contributed by atoms with Gasteiger partial charge >= 0.3 is 0 Å². The predicted molar refractivity (Wildman–Crippen MR) is 81.1 cm³/mol. The maximum atomic E-state index is 14.2. The van der Waals surface area contributed by atoms with Crippen molar-refractivity contribution < 1.29 is 4.39 Å². The zero-order valence-electron chi connectivity index (χ0n) is 11.1. The molecule has 0 atom stereocenters. The second-order valence-electron chi connectivity index (χ2n) is 4.80. The summed E-state index contributed by atoms with van der Waals surface area (Å²) in [5.41, 5.74) is 3.84. The largest absolute Gasteiger partial charge is 0.206 e. The van der Waals surface area contributed by atoms with Crippen molar-refractivity contribution in [3.05, 3.63) is 95.8 Å². The summed E-state index contributed by atoms with van der Waals surface area (Å²) in [4.78, 5) is 0. The molecule has 0 aromatic heterocycles. The fourth-order valence-corrected chi connectivity index (χ4v) is 2.46. The smallest absolute Gasteiger partial charge is 0.131 e. The van der Waals surface area contributed by atoms with Gasteiger partial charge in [-0.25, -0.2) is 4.39 Å². The highest BCUT2D eigenvalue weighted by atomic mass is 19.1. The Labute approximate surface area is 118 Å². The summed E-state index contributed by atoms with van der Waals surface area (Å²) in [5.74, 6) is -0.162. The Bertz CT molecular complexity index is 687. The van der Waals surface area contributed by atoms with Crippen LogP contribution in [0.4, 0.5) is 4.39 Å². The van der Waals surface area contributed by atoms with Gasteiger partial charge in [-0.2, -0.15) is 0 Å². The highest BCUT2D eigenvalue weighted by Gasteiger charge is 2.10. The Morgan fingerprint density at radius 1 is 0.650 bits per heavy atom. The van der Waals surface area contributed by atoms with Gasteiger partial charge in [-0.3, -0.25) is 0 Å². The number of hydrogen-bond acceptors (Lipinski definition) is 0. The fraction of sp³-hybridized carbons (Fsp3) is 0.0526. The molecule has 0 fully saturated rings. The molecule has 0 aliphatic carbocycles. The summed E-state index contributed by atoms with van der Waals surface area (Å²) in [5, 5.41) is 0. The minimum Gasteiger partial charge on any atom is -0.206 e. The summed E-state index contributed by atoms with van der Waals surface area (Å²) in [6, 6.07) is 25.2. The molecule has 3 aromatic rings. The Kier molecular flexibility index (Phi) is 3.60. The molecule has 3 rings (SSSR count). The molecule has 3 aromatic carbocycles. The van der Waals surface area contributed by atoms with Crippen LogP contribution in [0.15, 0.2) is 78.9 Å². The highest BCUT2D eigenvalue weighted by molar-refractivity contribution is 5.68. The number of rotatable bonds is 3.